The molecule has 0 saturated carbocycles. The number of unbranched alkanes of at least 4 members (excludes halogenated alkanes) is 1. The number of piperazine rings is 1. The van der Waals surface area contributed by atoms with E-state index in [1.165, 1.54) is 7.11 Å². The molecular formula is C17H23ClN2O4S. The van der Waals surface area contributed by atoms with E-state index in [1.54, 1.807) is 23.1 Å². The molecule has 6 nitrogen and oxygen atoms in total. The fraction of sp³-hybridized carbons (Fsp3) is 0.588. The number of benzene rings is 1. The second-order valence-electron chi connectivity index (χ2n) is 6.62. The van der Waals surface area contributed by atoms with Gasteiger partial charge >= 0.3 is 0 Å². The van der Waals surface area contributed by atoms with Gasteiger partial charge in [-0.1, -0.05) is 24.9 Å². The topological polar surface area (TPSA) is 66.9 Å². The average molecular weight is 387 g/mol. The zero-order chi connectivity index (χ0) is 18.2. The summed E-state index contributed by atoms with van der Waals surface area (Å²) in [6.45, 7) is 3.07. The summed E-state index contributed by atoms with van der Waals surface area (Å²) in [5.41, 5.74) is 0.623. The Hall–Kier alpha value is -1.31. The van der Waals surface area contributed by atoms with E-state index in [0.717, 1.165) is 19.4 Å². The highest BCUT2D eigenvalue weighted by atomic mass is 35.5. The first-order valence-electron chi connectivity index (χ1n) is 8.46. The lowest BCUT2D eigenvalue weighted by molar-refractivity contribution is -0.123. The standard InChI is InChI=1S/C17H23ClN2O4S/c1-3-4-7-19-9-17(21)20(15-11-25(22,23)10-14(15)19)12-5-6-16(24-2)13(18)8-12/h5-6,8,14-15H,3-4,7,9-11H2,1-2H3/t14-,15+/m0/s1. The molecule has 2 saturated heterocycles. The summed E-state index contributed by atoms with van der Waals surface area (Å²) in [5, 5.41) is 0.401. The molecule has 0 aromatic heterocycles. The summed E-state index contributed by atoms with van der Waals surface area (Å²) < 4.78 is 29.7. The number of sulfone groups is 1. The van der Waals surface area contributed by atoms with Gasteiger partial charge in [0, 0.05) is 11.7 Å². The molecule has 3 rings (SSSR count). The van der Waals surface area contributed by atoms with Gasteiger partial charge in [0.25, 0.3) is 0 Å². The van der Waals surface area contributed by atoms with Gasteiger partial charge in [0.15, 0.2) is 9.84 Å². The molecule has 0 aliphatic carbocycles. The van der Waals surface area contributed by atoms with Gasteiger partial charge < -0.3 is 9.64 Å². The molecule has 1 aromatic rings. The van der Waals surface area contributed by atoms with Gasteiger partial charge in [-0.15, -0.1) is 0 Å². The van der Waals surface area contributed by atoms with Crippen molar-refractivity contribution in [1.82, 2.24) is 4.90 Å². The molecule has 2 aliphatic rings. The number of halogens is 1. The van der Waals surface area contributed by atoms with E-state index in [9.17, 15) is 13.2 Å². The number of anilines is 1. The van der Waals surface area contributed by atoms with E-state index in [-0.39, 0.29) is 36.0 Å². The minimum absolute atomic E-state index is 0.00429. The van der Waals surface area contributed by atoms with Crippen LogP contribution < -0.4 is 9.64 Å². The summed E-state index contributed by atoms with van der Waals surface area (Å²) >= 11 is 6.20. The molecule has 138 valence electrons. The first-order valence-corrected chi connectivity index (χ1v) is 10.7. The summed E-state index contributed by atoms with van der Waals surface area (Å²) in [6.07, 6.45) is 1.96. The molecule has 0 radical (unpaired) electrons. The van der Waals surface area contributed by atoms with Crippen LogP contribution in [-0.4, -0.2) is 63.0 Å². The van der Waals surface area contributed by atoms with E-state index >= 15 is 0 Å². The van der Waals surface area contributed by atoms with Gasteiger partial charge in [-0.05, 0) is 31.2 Å². The Labute approximate surface area is 153 Å². The number of nitrogens with zero attached hydrogens (tertiary/aromatic N) is 2. The molecule has 0 N–H and O–H groups in total. The summed E-state index contributed by atoms with van der Waals surface area (Å²) in [6, 6.07) is 4.60. The smallest absolute Gasteiger partial charge is 0.241 e. The third-order valence-corrected chi connectivity index (χ3v) is 6.91. The molecule has 25 heavy (non-hydrogen) atoms. The van der Waals surface area contributed by atoms with Crippen molar-refractivity contribution in [2.24, 2.45) is 0 Å². The molecular weight excluding hydrogens is 364 g/mol. The number of hydrogen-bond donors (Lipinski definition) is 0. The third-order valence-electron chi connectivity index (χ3n) is 4.91. The van der Waals surface area contributed by atoms with Crippen molar-refractivity contribution in [3.05, 3.63) is 23.2 Å². The number of hydrogen-bond acceptors (Lipinski definition) is 5. The lowest BCUT2D eigenvalue weighted by Gasteiger charge is -2.43. The van der Waals surface area contributed by atoms with E-state index in [1.807, 2.05) is 4.90 Å². The monoisotopic (exact) mass is 386 g/mol. The van der Waals surface area contributed by atoms with Crippen molar-refractivity contribution in [3.8, 4) is 5.75 Å². The van der Waals surface area contributed by atoms with Crippen LogP contribution in [0.2, 0.25) is 5.02 Å². The second-order valence-corrected chi connectivity index (χ2v) is 9.18. The Morgan fingerprint density at radius 3 is 2.64 bits per heavy atom. The van der Waals surface area contributed by atoms with Crippen molar-refractivity contribution in [2.45, 2.75) is 31.8 Å². The molecule has 0 spiro atoms. The van der Waals surface area contributed by atoms with Crippen molar-refractivity contribution in [2.75, 3.05) is 36.6 Å². The SMILES string of the molecule is CCCCN1CC(=O)N(c2ccc(OC)c(Cl)c2)[C@@H]2CS(=O)(=O)C[C@@H]21. The fourth-order valence-electron chi connectivity index (χ4n) is 3.70. The van der Waals surface area contributed by atoms with Crippen molar-refractivity contribution < 1.29 is 17.9 Å². The third kappa shape index (κ3) is 3.64. The summed E-state index contributed by atoms with van der Waals surface area (Å²) in [4.78, 5) is 16.4. The van der Waals surface area contributed by atoms with Gasteiger partial charge in [0.2, 0.25) is 5.91 Å². The molecule has 0 bridgehead atoms. The number of ether oxygens (including phenoxy) is 1. The van der Waals surface area contributed by atoms with Crippen LogP contribution in [0.4, 0.5) is 5.69 Å². The minimum Gasteiger partial charge on any atom is -0.495 e. The van der Waals surface area contributed by atoms with Crippen LogP contribution in [-0.2, 0) is 14.6 Å². The van der Waals surface area contributed by atoms with Gasteiger partial charge in [-0.3, -0.25) is 9.69 Å². The molecule has 2 atom stereocenters. The van der Waals surface area contributed by atoms with E-state index in [2.05, 4.69) is 6.92 Å². The van der Waals surface area contributed by atoms with Gasteiger partial charge in [0.05, 0.1) is 36.2 Å². The lowest BCUT2D eigenvalue weighted by Crippen LogP contribution is -2.62. The first kappa shape index (κ1) is 18.5. The highest BCUT2D eigenvalue weighted by Crippen LogP contribution is 2.35. The van der Waals surface area contributed by atoms with Crippen LogP contribution in [0.5, 0.6) is 5.75 Å². The molecule has 8 heteroatoms. The Balaban J connectivity index is 1.95. The number of carbonyl (C=O) groups is 1. The maximum atomic E-state index is 12.8. The largest absolute Gasteiger partial charge is 0.495 e. The zero-order valence-electron chi connectivity index (χ0n) is 14.4. The normalized spacial score (nSPS) is 25.9. The Kier molecular flexibility index (Phi) is 5.27. The predicted molar refractivity (Wildman–Crippen MR) is 98.2 cm³/mol. The number of rotatable bonds is 5. The number of amides is 1. The maximum absolute atomic E-state index is 12.8. The van der Waals surface area contributed by atoms with Crippen LogP contribution in [0.25, 0.3) is 0 Å². The lowest BCUT2D eigenvalue weighted by atomic mass is 10.0. The first-order chi connectivity index (χ1) is 11.9. The number of methoxy groups -OCH3 is 1. The van der Waals surface area contributed by atoms with Gasteiger partial charge in [-0.2, -0.15) is 0 Å². The van der Waals surface area contributed by atoms with Crippen molar-refractivity contribution >= 4 is 33.0 Å². The molecule has 1 aromatic carbocycles. The number of fused-ring (bicyclic) bond motifs is 1. The highest BCUT2D eigenvalue weighted by Gasteiger charge is 2.49. The Bertz CT molecular complexity index is 768. The molecule has 1 amide bonds. The fourth-order valence-corrected chi connectivity index (χ4v) is 5.94. The average Bonchev–Trinajstić information content (AvgIpc) is 2.87. The van der Waals surface area contributed by atoms with Crippen LogP contribution in [0, 0.1) is 0 Å². The second kappa shape index (κ2) is 7.13. The molecule has 2 heterocycles. The van der Waals surface area contributed by atoms with Crippen molar-refractivity contribution in [3.63, 3.8) is 0 Å². The van der Waals surface area contributed by atoms with Gasteiger partial charge in [-0.25, -0.2) is 8.42 Å². The zero-order valence-corrected chi connectivity index (χ0v) is 16.0. The maximum Gasteiger partial charge on any atom is 0.241 e. The van der Waals surface area contributed by atoms with E-state index in [4.69, 9.17) is 16.3 Å². The van der Waals surface area contributed by atoms with Crippen molar-refractivity contribution in [1.29, 1.82) is 0 Å². The Morgan fingerprint density at radius 1 is 1.28 bits per heavy atom. The van der Waals surface area contributed by atoms with Crippen LogP contribution in [0.15, 0.2) is 18.2 Å². The van der Waals surface area contributed by atoms with E-state index < -0.39 is 9.84 Å². The van der Waals surface area contributed by atoms with Crippen LogP contribution >= 0.6 is 11.6 Å². The van der Waals surface area contributed by atoms with Gasteiger partial charge in [0.1, 0.15) is 5.75 Å². The predicted octanol–water partition coefficient (Wildman–Crippen LogP) is 1.96. The molecule has 2 aliphatic heterocycles. The highest BCUT2D eigenvalue weighted by molar-refractivity contribution is 7.91. The summed E-state index contributed by atoms with van der Waals surface area (Å²) in [7, 11) is -1.64. The molecule has 2 fully saturated rings. The Morgan fingerprint density at radius 2 is 2.00 bits per heavy atom. The summed E-state index contributed by atoms with van der Waals surface area (Å²) in [5.74, 6) is 0.538. The minimum atomic E-state index is -3.17. The quantitative estimate of drug-likeness (QED) is 0.773. The van der Waals surface area contributed by atoms with Crippen LogP contribution in [0.1, 0.15) is 19.8 Å². The molecule has 0 unspecified atom stereocenters. The van der Waals surface area contributed by atoms with Crippen LogP contribution in [0.3, 0.4) is 0 Å². The van der Waals surface area contributed by atoms with E-state index in [0.29, 0.717) is 16.5 Å². The number of carbonyl (C=O) groups excluding carboxylic acids is 1.